The first-order chi connectivity index (χ1) is 19.1. The molecule has 1 aliphatic rings. The lowest BCUT2D eigenvalue weighted by Crippen LogP contribution is -2.43. The molecule has 1 saturated heterocycles. The van der Waals surface area contributed by atoms with Crippen LogP contribution in [0.4, 0.5) is 9.18 Å². The molecule has 1 fully saturated rings. The lowest BCUT2D eigenvalue weighted by Gasteiger charge is -2.34. The van der Waals surface area contributed by atoms with E-state index in [2.05, 4.69) is 16.2 Å². The summed E-state index contributed by atoms with van der Waals surface area (Å²) in [5, 5.41) is 18.7. The van der Waals surface area contributed by atoms with Crippen LogP contribution in [0.15, 0.2) is 43.0 Å². The molecular weight excluding hydrogens is 513 g/mol. The Morgan fingerprint density at radius 1 is 1.27 bits per heavy atom. The van der Waals surface area contributed by atoms with Crippen LogP contribution in [0.5, 0.6) is 5.75 Å². The Balaban J connectivity index is 1.47. The van der Waals surface area contributed by atoms with Gasteiger partial charge in [0.1, 0.15) is 46.1 Å². The summed E-state index contributed by atoms with van der Waals surface area (Å²) in [4.78, 5) is 18.6. The second-order valence-electron chi connectivity index (χ2n) is 11.0. The van der Waals surface area contributed by atoms with Crippen LogP contribution in [-0.2, 0) is 4.74 Å². The standard InChI is InChI=1S/C29H32FN7O3/c1-18-23(15-34-37(18)22-8-7-11-35(17-22)28(38)40-29(3,4)5)20-12-25(27-21(13-31)14-33-36(27)16-20)39-19(2)26-24(30)9-6-10-32-26/h6,9-10,12,14-16,19,22H,7-8,11,17H2,1-5H3/t19-,22+/m1/s1. The molecule has 40 heavy (non-hydrogen) atoms. The first-order valence-electron chi connectivity index (χ1n) is 13.3. The predicted octanol–water partition coefficient (Wildman–Crippen LogP) is 5.62. The average molecular weight is 546 g/mol. The van der Waals surface area contributed by atoms with Gasteiger partial charge >= 0.3 is 6.09 Å². The third-order valence-electron chi connectivity index (χ3n) is 6.92. The minimum atomic E-state index is -0.716. The van der Waals surface area contributed by atoms with E-state index in [4.69, 9.17) is 14.6 Å². The molecule has 11 heteroatoms. The summed E-state index contributed by atoms with van der Waals surface area (Å²) >= 11 is 0. The zero-order chi connectivity index (χ0) is 28.6. The monoisotopic (exact) mass is 545 g/mol. The average Bonchev–Trinajstić information content (AvgIpc) is 3.51. The first-order valence-corrected chi connectivity index (χ1v) is 13.3. The van der Waals surface area contributed by atoms with E-state index in [1.807, 2.05) is 44.6 Å². The van der Waals surface area contributed by atoms with Crippen molar-refractivity contribution in [1.29, 1.82) is 5.26 Å². The summed E-state index contributed by atoms with van der Waals surface area (Å²) < 4.78 is 29.7. The molecule has 5 heterocycles. The van der Waals surface area contributed by atoms with Gasteiger partial charge in [0, 0.05) is 42.3 Å². The predicted molar refractivity (Wildman–Crippen MR) is 145 cm³/mol. The first kappa shape index (κ1) is 27.1. The summed E-state index contributed by atoms with van der Waals surface area (Å²) in [7, 11) is 0. The van der Waals surface area contributed by atoms with Crippen molar-refractivity contribution in [1.82, 2.24) is 29.3 Å². The number of carbonyl (C=O) groups excluding carboxylic acids is 1. The van der Waals surface area contributed by atoms with Gasteiger partial charge in [0.15, 0.2) is 0 Å². The normalized spacial score (nSPS) is 16.5. The summed E-state index contributed by atoms with van der Waals surface area (Å²) in [6.07, 6.45) is 7.27. The molecule has 4 aromatic rings. The lowest BCUT2D eigenvalue weighted by atomic mass is 10.0. The van der Waals surface area contributed by atoms with Gasteiger partial charge < -0.3 is 14.4 Å². The second-order valence-corrected chi connectivity index (χ2v) is 11.0. The van der Waals surface area contributed by atoms with E-state index in [1.54, 1.807) is 22.5 Å². The summed E-state index contributed by atoms with van der Waals surface area (Å²) in [6.45, 7) is 10.4. The van der Waals surface area contributed by atoms with E-state index < -0.39 is 17.5 Å². The lowest BCUT2D eigenvalue weighted by molar-refractivity contribution is 0.0166. The van der Waals surface area contributed by atoms with Gasteiger partial charge in [0.25, 0.3) is 0 Å². The number of piperidine rings is 1. The Morgan fingerprint density at radius 2 is 2.08 bits per heavy atom. The van der Waals surface area contributed by atoms with Crippen LogP contribution in [0.25, 0.3) is 16.6 Å². The summed E-state index contributed by atoms with van der Waals surface area (Å²) in [5.74, 6) is -0.0914. The van der Waals surface area contributed by atoms with Crippen molar-refractivity contribution < 1.29 is 18.7 Å². The highest BCUT2D eigenvalue weighted by molar-refractivity contribution is 5.76. The van der Waals surface area contributed by atoms with Gasteiger partial charge in [-0.2, -0.15) is 15.5 Å². The molecular formula is C29H32FN7O3. The maximum absolute atomic E-state index is 14.4. The molecule has 5 rings (SSSR count). The van der Waals surface area contributed by atoms with Crippen LogP contribution >= 0.6 is 0 Å². The topological polar surface area (TPSA) is 111 Å². The fraction of sp³-hybridized carbons (Fsp3) is 0.414. The number of halogens is 1. The van der Waals surface area contributed by atoms with Crippen molar-refractivity contribution in [3.05, 3.63) is 65.8 Å². The number of nitrogens with zero attached hydrogens (tertiary/aromatic N) is 7. The Bertz CT molecular complexity index is 1600. The number of aromatic nitrogens is 5. The second kappa shape index (κ2) is 10.6. The Morgan fingerprint density at radius 3 is 2.80 bits per heavy atom. The number of amides is 1. The van der Waals surface area contributed by atoms with Crippen molar-refractivity contribution in [2.45, 2.75) is 65.2 Å². The number of pyridine rings is 2. The van der Waals surface area contributed by atoms with Crippen molar-refractivity contribution in [3.63, 3.8) is 0 Å². The van der Waals surface area contributed by atoms with Gasteiger partial charge in [0.05, 0.1) is 18.4 Å². The van der Waals surface area contributed by atoms with Gasteiger partial charge in [-0.1, -0.05) is 0 Å². The van der Waals surface area contributed by atoms with Crippen molar-refractivity contribution in [2.24, 2.45) is 0 Å². The van der Waals surface area contributed by atoms with E-state index in [0.29, 0.717) is 29.9 Å². The number of likely N-dealkylation sites (tertiary alicyclic amines) is 1. The fourth-order valence-electron chi connectivity index (χ4n) is 5.07. The molecule has 4 aromatic heterocycles. The largest absolute Gasteiger partial charge is 0.482 e. The van der Waals surface area contributed by atoms with Gasteiger partial charge in [-0.25, -0.2) is 13.7 Å². The number of hydrogen-bond donors (Lipinski definition) is 0. The van der Waals surface area contributed by atoms with E-state index in [-0.39, 0.29) is 17.8 Å². The SMILES string of the molecule is Cc1c(-c2cc(O[C@H](C)c3ncccc3F)c3c(C#N)cnn3c2)cnn1[C@H]1CCCN(C(=O)OC(C)(C)C)C1. The minimum Gasteiger partial charge on any atom is -0.482 e. The number of ether oxygens (including phenoxy) is 2. The van der Waals surface area contributed by atoms with E-state index in [9.17, 15) is 14.4 Å². The fourth-order valence-corrected chi connectivity index (χ4v) is 5.07. The molecule has 0 saturated carbocycles. The molecule has 208 valence electrons. The van der Waals surface area contributed by atoms with Crippen LogP contribution in [0.1, 0.15) is 69.6 Å². The molecule has 0 spiro atoms. The van der Waals surface area contributed by atoms with Gasteiger partial charge in [0.2, 0.25) is 0 Å². The summed E-state index contributed by atoms with van der Waals surface area (Å²) in [6, 6.07) is 6.82. The van der Waals surface area contributed by atoms with Crippen LogP contribution in [0, 0.1) is 24.1 Å². The molecule has 2 atom stereocenters. The van der Waals surface area contributed by atoms with Crippen LogP contribution < -0.4 is 4.74 Å². The molecule has 1 amide bonds. The smallest absolute Gasteiger partial charge is 0.410 e. The van der Waals surface area contributed by atoms with Crippen LogP contribution in [-0.4, -0.2) is 54.1 Å². The third kappa shape index (κ3) is 5.34. The quantitative estimate of drug-likeness (QED) is 0.320. The number of carbonyl (C=O) groups is 1. The number of rotatable bonds is 5. The third-order valence-corrected chi connectivity index (χ3v) is 6.92. The van der Waals surface area contributed by atoms with Crippen molar-refractivity contribution >= 4 is 11.6 Å². The Labute approximate surface area is 231 Å². The molecule has 0 aliphatic carbocycles. The number of hydrogen-bond acceptors (Lipinski definition) is 7. The molecule has 0 aromatic carbocycles. The van der Waals surface area contributed by atoms with Gasteiger partial charge in [-0.3, -0.25) is 9.67 Å². The highest BCUT2D eigenvalue weighted by Crippen LogP contribution is 2.35. The molecule has 10 nitrogen and oxygen atoms in total. The van der Waals surface area contributed by atoms with Crippen molar-refractivity contribution in [3.8, 4) is 22.9 Å². The van der Waals surface area contributed by atoms with Gasteiger partial charge in [-0.05, 0) is 65.7 Å². The Kier molecular flexibility index (Phi) is 7.19. The minimum absolute atomic E-state index is 0.00322. The molecule has 0 bridgehead atoms. The maximum atomic E-state index is 14.4. The highest BCUT2D eigenvalue weighted by Gasteiger charge is 2.30. The van der Waals surface area contributed by atoms with E-state index in [0.717, 1.165) is 29.7 Å². The number of fused-ring (bicyclic) bond motifs is 1. The molecule has 0 unspecified atom stereocenters. The molecule has 0 N–H and O–H groups in total. The van der Waals surface area contributed by atoms with E-state index in [1.165, 1.54) is 24.5 Å². The van der Waals surface area contributed by atoms with Crippen LogP contribution in [0.2, 0.25) is 0 Å². The summed E-state index contributed by atoms with van der Waals surface area (Å²) in [5.41, 5.74) is 2.97. The zero-order valence-electron chi connectivity index (χ0n) is 23.3. The highest BCUT2D eigenvalue weighted by atomic mass is 19.1. The Hall–Kier alpha value is -4.46. The zero-order valence-corrected chi connectivity index (χ0v) is 23.3. The van der Waals surface area contributed by atoms with E-state index >= 15 is 0 Å². The number of nitriles is 1. The van der Waals surface area contributed by atoms with Crippen LogP contribution in [0.3, 0.4) is 0 Å². The van der Waals surface area contributed by atoms with Crippen molar-refractivity contribution in [2.75, 3.05) is 13.1 Å². The maximum Gasteiger partial charge on any atom is 0.410 e. The van der Waals surface area contributed by atoms with Gasteiger partial charge in [-0.15, -0.1) is 0 Å². The molecule has 1 aliphatic heterocycles. The molecule has 0 radical (unpaired) electrons.